The van der Waals surface area contributed by atoms with Gasteiger partial charge in [-0.05, 0) is 24.4 Å². The number of hydrogen-bond acceptors (Lipinski definition) is 3. The number of hydrogen-bond donors (Lipinski definition) is 3. The van der Waals surface area contributed by atoms with Gasteiger partial charge in [0.05, 0.1) is 0 Å². The van der Waals surface area contributed by atoms with Crippen molar-refractivity contribution in [2.24, 2.45) is 0 Å². The molecule has 74 valence electrons. The van der Waals surface area contributed by atoms with Gasteiger partial charge in [0.1, 0.15) is 0 Å². The van der Waals surface area contributed by atoms with E-state index in [9.17, 15) is 10.2 Å². The molecular weight excluding hydrogens is 200 g/mol. The van der Waals surface area contributed by atoms with Crippen LogP contribution in [0.25, 0.3) is 0 Å². The molecule has 14 heavy (non-hydrogen) atoms. The molecule has 0 aliphatic carbocycles. The van der Waals surface area contributed by atoms with Crippen molar-refractivity contribution in [2.45, 2.75) is 12.5 Å². The molecule has 1 aromatic rings. The van der Waals surface area contributed by atoms with Gasteiger partial charge in [-0.3, -0.25) is 4.90 Å². The minimum atomic E-state index is -1.03. The molecule has 1 aromatic carbocycles. The Morgan fingerprint density at radius 1 is 1.21 bits per heavy atom. The molecule has 0 spiro atoms. The summed E-state index contributed by atoms with van der Waals surface area (Å²) in [6.07, 6.45) is -2.05. The van der Waals surface area contributed by atoms with Gasteiger partial charge in [-0.25, -0.2) is 0 Å². The summed E-state index contributed by atoms with van der Waals surface area (Å²) in [6, 6.07) is 9.19. The van der Waals surface area contributed by atoms with Crippen molar-refractivity contribution in [3.63, 3.8) is 0 Å². The number of rotatable bonds is 1. The Bertz CT molecular complexity index is 344. The molecule has 0 unspecified atom stereocenters. The lowest BCUT2D eigenvalue weighted by Gasteiger charge is -2.20. The van der Waals surface area contributed by atoms with Crippen molar-refractivity contribution in [3.8, 4) is 0 Å². The predicted octanol–water partition coefficient (Wildman–Crippen LogP) is 0.0179. The molecule has 1 fully saturated rings. The van der Waals surface area contributed by atoms with Crippen molar-refractivity contribution < 1.29 is 10.2 Å². The highest BCUT2D eigenvalue weighted by Crippen LogP contribution is 2.20. The molecule has 0 saturated carbocycles. The highest BCUT2D eigenvalue weighted by molar-refractivity contribution is 7.80. The Morgan fingerprint density at radius 3 is 2.36 bits per heavy atom. The van der Waals surface area contributed by atoms with Crippen LogP contribution in [0.1, 0.15) is 0 Å². The summed E-state index contributed by atoms with van der Waals surface area (Å²) >= 11 is 4.97. The third-order valence-electron chi connectivity index (χ3n) is 2.07. The van der Waals surface area contributed by atoms with Crippen LogP contribution in [0.15, 0.2) is 30.3 Å². The zero-order valence-electron chi connectivity index (χ0n) is 7.29. The van der Waals surface area contributed by atoms with Crippen molar-refractivity contribution in [1.29, 1.82) is 0 Å². The average molecular weight is 210 g/mol. The summed E-state index contributed by atoms with van der Waals surface area (Å²) in [7, 11) is 0. The molecule has 1 heterocycles. The van der Waals surface area contributed by atoms with Crippen molar-refractivity contribution in [1.82, 2.24) is 5.32 Å². The fraction of sp³-hybridized carbons (Fsp3) is 0.222. The number of aliphatic hydroxyl groups excluding tert-OH is 2. The second-order valence-electron chi connectivity index (χ2n) is 3.01. The molecule has 5 heteroatoms. The van der Waals surface area contributed by atoms with E-state index < -0.39 is 12.5 Å². The van der Waals surface area contributed by atoms with Gasteiger partial charge in [0, 0.05) is 5.69 Å². The first-order valence-electron chi connectivity index (χ1n) is 4.21. The van der Waals surface area contributed by atoms with E-state index >= 15 is 0 Å². The monoisotopic (exact) mass is 210 g/mol. The zero-order valence-corrected chi connectivity index (χ0v) is 8.11. The summed E-state index contributed by atoms with van der Waals surface area (Å²) in [5.41, 5.74) is 0.758. The van der Waals surface area contributed by atoms with E-state index in [0.717, 1.165) is 5.69 Å². The maximum atomic E-state index is 9.61. The number of anilines is 1. The standard InChI is InChI=1S/C9H10N2O2S/c12-7-8(13)11(9(14)10-7)6-4-2-1-3-5-6/h1-5,7-8,12-13H,(H,10,14)/t7-,8+/m1/s1. The number of nitrogens with one attached hydrogen (secondary N) is 1. The predicted molar refractivity (Wildman–Crippen MR) is 56.7 cm³/mol. The molecule has 3 N–H and O–H groups in total. The van der Waals surface area contributed by atoms with Gasteiger partial charge in [-0.15, -0.1) is 0 Å². The minimum Gasteiger partial charge on any atom is -0.369 e. The maximum absolute atomic E-state index is 9.61. The molecule has 1 aliphatic rings. The quantitative estimate of drug-likeness (QED) is 0.570. The molecule has 0 radical (unpaired) electrons. The highest BCUT2D eigenvalue weighted by Gasteiger charge is 2.34. The lowest BCUT2D eigenvalue weighted by Crippen LogP contribution is -2.36. The van der Waals surface area contributed by atoms with Gasteiger partial charge in [0.15, 0.2) is 17.6 Å². The molecule has 4 nitrogen and oxygen atoms in total. The van der Waals surface area contributed by atoms with Gasteiger partial charge in [-0.1, -0.05) is 18.2 Å². The van der Waals surface area contributed by atoms with E-state index in [2.05, 4.69) is 5.32 Å². The van der Waals surface area contributed by atoms with Crippen molar-refractivity contribution in [2.75, 3.05) is 4.90 Å². The summed E-state index contributed by atoms with van der Waals surface area (Å²) in [4.78, 5) is 1.47. The zero-order chi connectivity index (χ0) is 10.1. The first-order chi connectivity index (χ1) is 6.70. The van der Waals surface area contributed by atoms with Gasteiger partial charge in [0.2, 0.25) is 0 Å². The molecule has 0 aromatic heterocycles. The molecule has 0 amide bonds. The van der Waals surface area contributed by atoms with Gasteiger partial charge >= 0.3 is 0 Å². The Labute approximate surface area is 86.8 Å². The smallest absolute Gasteiger partial charge is 0.178 e. The lowest BCUT2D eigenvalue weighted by molar-refractivity contribution is 0.0332. The van der Waals surface area contributed by atoms with Crippen LogP contribution in [0.5, 0.6) is 0 Å². The van der Waals surface area contributed by atoms with Crippen LogP contribution in [0.3, 0.4) is 0 Å². The van der Waals surface area contributed by atoms with Crippen LogP contribution >= 0.6 is 12.2 Å². The highest BCUT2D eigenvalue weighted by atomic mass is 32.1. The number of aliphatic hydroxyl groups is 2. The fourth-order valence-corrected chi connectivity index (χ4v) is 1.72. The normalized spacial score (nSPS) is 26.4. The first kappa shape index (κ1) is 9.39. The Hall–Kier alpha value is -1.17. The van der Waals surface area contributed by atoms with E-state index in [1.165, 1.54) is 4.90 Å². The Balaban J connectivity index is 2.31. The van der Waals surface area contributed by atoms with E-state index in [4.69, 9.17) is 12.2 Å². The number of para-hydroxylation sites is 1. The molecule has 2 rings (SSSR count). The minimum absolute atomic E-state index is 0.330. The van der Waals surface area contributed by atoms with Gasteiger partial charge < -0.3 is 15.5 Å². The van der Waals surface area contributed by atoms with Crippen molar-refractivity contribution >= 4 is 23.0 Å². The molecule has 2 atom stereocenters. The second-order valence-corrected chi connectivity index (χ2v) is 3.40. The van der Waals surface area contributed by atoms with Gasteiger partial charge in [-0.2, -0.15) is 0 Å². The summed E-state index contributed by atoms with van der Waals surface area (Å²) in [6.45, 7) is 0. The fourth-order valence-electron chi connectivity index (χ4n) is 1.39. The van der Waals surface area contributed by atoms with Crippen LogP contribution in [-0.2, 0) is 0 Å². The van der Waals surface area contributed by atoms with E-state index in [-0.39, 0.29) is 0 Å². The molecule has 1 aliphatic heterocycles. The number of nitrogens with zero attached hydrogens (tertiary/aromatic N) is 1. The third kappa shape index (κ3) is 1.45. The maximum Gasteiger partial charge on any atom is 0.178 e. The van der Waals surface area contributed by atoms with Crippen LogP contribution in [0, 0.1) is 0 Å². The SMILES string of the molecule is O[C@H]1NC(=S)N(c2ccccc2)[C@H]1O. The summed E-state index contributed by atoms with van der Waals surface area (Å²) in [5, 5.41) is 21.8. The molecular formula is C9H10N2O2S. The Kier molecular flexibility index (Phi) is 2.37. The summed E-state index contributed by atoms with van der Waals surface area (Å²) in [5.74, 6) is 0. The van der Waals surface area contributed by atoms with Crippen LogP contribution < -0.4 is 10.2 Å². The third-order valence-corrected chi connectivity index (χ3v) is 2.39. The topological polar surface area (TPSA) is 55.7 Å². The molecule has 0 bridgehead atoms. The van der Waals surface area contributed by atoms with E-state index in [1.807, 2.05) is 30.3 Å². The van der Waals surface area contributed by atoms with E-state index in [0.29, 0.717) is 5.11 Å². The van der Waals surface area contributed by atoms with Crippen LogP contribution in [-0.4, -0.2) is 27.8 Å². The number of benzene rings is 1. The van der Waals surface area contributed by atoms with Crippen molar-refractivity contribution in [3.05, 3.63) is 30.3 Å². The van der Waals surface area contributed by atoms with Crippen LogP contribution in [0.4, 0.5) is 5.69 Å². The average Bonchev–Trinajstić information content (AvgIpc) is 2.43. The lowest BCUT2D eigenvalue weighted by atomic mass is 10.3. The largest absolute Gasteiger partial charge is 0.369 e. The molecule has 1 saturated heterocycles. The van der Waals surface area contributed by atoms with Crippen LogP contribution in [0.2, 0.25) is 0 Å². The summed E-state index contributed by atoms with van der Waals surface area (Å²) < 4.78 is 0. The number of thiocarbonyl (C=S) groups is 1. The Morgan fingerprint density at radius 2 is 1.86 bits per heavy atom. The second kappa shape index (κ2) is 3.53. The van der Waals surface area contributed by atoms with Gasteiger partial charge in [0.25, 0.3) is 0 Å². The van der Waals surface area contributed by atoms with E-state index in [1.54, 1.807) is 0 Å². The first-order valence-corrected chi connectivity index (χ1v) is 4.62.